The highest BCUT2D eigenvalue weighted by atomic mass is 19.1. The molecule has 19 heavy (non-hydrogen) atoms. The number of hydrogen-bond donors (Lipinski definition) is 1. The van der Waals surface area contributed by atoms with Gasteiger partial charge in [0, 0.05) is 24.8 Å². The van der Waals surface area contributed by atoms with E-state index in [9.17, 15) is 4.39 Å². The van der Waals surface area contributed by atoms with Gasteiger partial charge in [0.2, 0.25) is 0 Å². The smallest absolute Gasteiger partial charge is 0.123 e. The zero-order chi connectivity index (χ0) is 13.8. The van der Waals surface area contributed by atoms with Gasteiger partial charge in [0.15, 0.2) is 0 Å². The van der Waals surface area contributed by atoms with Crippen LogP contribution in [0.3, 0.4) is 0 Å². The normalized spacial score (nSPS) is 12.9. The van der Waals surface area contributed by atoms with E-state index in [0.717, 1.165) is 17.8 Å². The van der Waals surface area contributed by atoms with Crippen LogP contribution in [0.25, 0.3) is 0 Å². The van der Waals surface area contributed by atoms with Gasteiger partial charge < -0.3 is 9.88 Å². The molecule has 0 radical (unpaired) electrons. The molecule has 102 valence electrons. The van der Waals surface area contributed by atoms with Gasteiger partial charge in [0.1, 0.15) is 5.82 Å². The lowest BCUT2D eigenvalue weighted by atomic mass is 10.1. The fourth-order valence-corrected chi connectivity index (χ4v) is 2.09. The number of rotatable bonds is 5. The Bertz CT molecular complexity index is 534. The summed E-state index contributed by atoms with van der Waals surface area (Å²) in [5.74, 6) is -0.196. The molecule has 0 fully saturated rings. The molecule has 4 heteroatoms. The van der Waals surface area contributed by atoms with Crippen molar-refractivity contribution in [3.05, 3.63) is 53.9 Å². The van der Waals surface area contributed by atoms with Gasteiger partial charge in [0.25, 0.3) is 0 Å². The summed E-state index contributed by atoms with van der Waals surface area (Å²) >= 11 is 0. The SMILES string of the molecule is CC(NCc1cncn1C(C)C)c1cccc(F)c1. The third-order valence-electron chi connectivity index (χ3n) is 3.24. The maximum atomic E-state index is 13.2. The largest absolute Gasteiger partial charge is 0.331 e. The van der Waals surface area contributed by atoms with Gasteiger partial charge in [-0.2, -0.15) is 0 Å². The zero-order valence-electron chi connectivity index (χ0n) is 11.6. The van der Waals surface area contributed by atoms with Crippen molar-refractivity contribution in [3.8, 4) is 0 Å². The Hall–Kier alpha value is -1.68. The lowest BCUT2D eigenvalue weighted by Crippen LogP contribution is -2.20. The molecule has 1 aromatic carbocycles. The first kappa shape index (κ1) is 13.7. The molecular formula is C15H20FN3. The topological polar surface area (TPSA) is 29.9 Å². The van der Waals surface area contributed by atoms with Crippen LogP contribution in [0.1, 0.15) is 44.1 Å². The second kappa shape index (κ2) is 5.97. The molecule has 0 aliphatic rings. The van der Waals surface area contributed by atoms with Crippen LogP contribution in [-0.4, -0.2) is 9.55 Å². The standard InChI is InChI=1S/C15H20FN3/c1-11(2)19-10-17-8-15(19)9-18-12(3)13-5-4-6-14(16)7-13/h4-8,10-12,18H,9H2,1-3H3. The summed E-state index contributed by atoms with van der Waals surface area (Å²) in [6.45, 7) is 7.00. The van der Waals surface area contributed by atoms with Crippen molar-refractivity contribution in [1.29, 1.82) is 0 Å². The highest BCUT2D eigenvalue weighted by molar-refractivity contribution is 5.19. The third-order valence-corrected chi connectivity index (χ3v) is 3.24. The van der Waals surface area contributed by atoms with E-state index in [1.54, 1.807) is 12.1 Å². The van der Waals surface area contributed by atoms with Crippen molar-refractivity contribution >= 4 is 0 Å². The van der Waals surface area contributed by atoms with Gasteiger partial charge in [-0.3, -0.25) is 0 Å². The fourth-order valence-electron chi connectivity index (χ4n) is 2.09. The molecule has 0 amide bonds. The Morgan fingerprint density at radius 1 is 1.32 bits per heavy atom. The zero-order valence-corrected chi connectivity index (χ0v) is 11.6. The molecule has 0 spiro atoms. The summed E-state index contributed by atoms with van der Waals surface area (Å²) in [5, 5.41) is 3.40. The lowest BCUT2D eigenvalue weighted by molar-refractivity contribution is 0.516. The van der Waals surface area contributed by atoms with Gasteiger partial charge in [-0.05, 0) is 38.5 Å². The first-order valence-electron chi connectivity index (χ1n) is 6.57. The number of halogens is 1. The van der Waals surface area contributed by atoms with Crippen molar-refractivity contribution in [1.82, 2.24) is 14.9 Å². The van der Waals surface area contributed by atoms with Crippen LogP contribution in [0.15, 0.2) is 36.8 Å². The van der Waals surface area contributed by atoms with Crippen LogP contribution >= 0.6 is 0 Å². The summed E-state index contributed by atoms with van der Waals surface area (Å²) in [5.41, 5.74) is 2.09. The molecule has 1 unspecified atom stereocenters. The van der Waals surface area contributed by atoms with Crippen molar-refractivity contribution in [2.24, 2.45) is 0 Å². The summed E-state index contributed by atoms with van der Waals surface area (Å²) in [6.07, 6.45) is 3.71. The van der Waals surface area contributed by atoms with Gasteiger partial charge in [-0.25, -0.2) is 9.37 Å². The Morgan fingerprint density at radius 2 is 2.11 bits per heavy atom. The quantitative estimate of drug-likeness (QED) is 0.893. The number of imidazole rings is 1. The van der Waals surface area contributed by atoms with Crippen LogP contribution in [0.2, 0.25) is 0 Å². The third kappa shape index (κ3) is 3.41. The van der Waals surface area contributed by atoms with Crippen LogP contribution in [0.5, 0.6) is 0 Å². The summed E-state index contributed by atoms with van der Waals surface area (Å²) in [7, 11) is 0. The molecule has 3 nitrogen and oxygen atoms in total. The summed E-state index contributed by atoms with van der Waals surface area (Å²) in [6, 6.07) is 7.19. The Balaban J connectivity index is 2.00. The molecule has 1 atom stereocenters. The molecule has 2 rings (SSSR count). The maximum Gasteiger partial charge on any atom is 0.123 e. The molecule has 0 saturated carbocycles. The number of nitrogens with zero attached hydrogens (tertiary/aromatic N) is 2. The molecule has 0 saturated heterocycles. The average Bonchev–Trinajstić information content (AvgIpc) is 2.84. The van der Waals surface area contributed by atoms with Crippen molar-refractivity contribution in [2.75, 3.05) is 0 Å². The minimum absolute atomic E-state index is 0.103. The minimum atomic E-state index is -0.196. The molecule has 0 aliphatic carbocycles. The van der Waals surface area contributed by atoms with Gasteiger partial charge in [0.05, 0.1) is 12.0 Å². The van der Waals surface area contributed by atoms with Crippen molar-refractivity contribution in [3.63, 3.8) is 0 Å². The van der Waals surface area contributed by atoms with Crippen LogP contribution in [0.4, 0.5) is 4.39 Å². The number of aromatic nitrogens is 2. The monoisotopic (exact) mass is 261 g/mol. The van der Waals surface area contributed by atoms with Crippen LogP contribution < -0.4 is 5.32 Å². The number of hydrogen-bond acceptors (Lipinski definition) is 2. The maximum absolute atomic E-state index is 13.2. The Labute approximate surface area is 113 Å². The van der Waals surface area contributed by atoms with Gasteiger partial charge >= 0.3 is 0 Å². The molecular weight excluding hydrogens is 241 g/mol. The lowest BCUT2D eigenvalue weighted by Gasteiger charge is -2.16. The fraction of sp³-hybridized carbons (Fsp3) is 0.400. The second-order valence-electron chi connectivity index (χ2n) is 5.04. The highest BCUT2D eigenvalue weighted by Crippen LogP contribution is 2.15. The van der Waals surface area contributed by atoms with E-state index in [-0.39, 0.29) is 11.9 Å². The van der Waals surface area contributed by atoms with E-state index in [4.69, 9.17) is 0 Å². The Kier molecular flexibility index (Phi) is 4.32. The highest BCUT2D eigenvalue weighted by Gasteiger charge is 2.09. The predicted octanol–water partition coefficient (Wildman–Crippen LogP) is 3.45. The summed E-state index contributed by atoms with van der Waals surface area (Å²) < 4.78 is 15.3. The van der Waals surface area contributed by atoms with E-state index in [1.807, 2.05) is 25.5 Å². The van der Waals surface area contributed by atoms with E-state index in [1.165, 1.54) is 6.07 Å². The first-order chi connectivity index (χ1) is 9.08. The van der Waals surface area contributed by atoms with E-state index < -0.39 is 0 Å². The molecule has 1 N–H and O–H groups in total. The van der Waals surface area contributed by atoms with E-state index in [2.05, 4.69) is 28.7 Å². The second-order valence-corrected chi connectivity index (χ2v) is 5.04. The van der Waals surface area contributed by atoms with Gasteiger partial charge in [-0.15, -0.1) is 0 Å². The molecule has 0 aliphatic heterocycles. The summed E-state index contributed by atoms with van der Waals surface area (Å²) in [4.78, 5) is 4.17. The molecule has 1 aromatic heterocycles. The van der Waals surface area contributed by atoms with E-state index >= 15 is 0 Å². The van der Waals surface area contributed by atoms with Crippen molar-refractivity contribution < 1.29 is 4.39 Å². The number of benzene rings is 1. The molecule has 0 bridgehead atoms. The average molecular weight is 261 g/mol. The predicted molar refractivity (Wildman–Crippen MR) is 74.3 cm³/mol. The van der Waals surface area contributed by atoms with Crippen LogP contribution in [0, 0.1) is 5.82 Å². The minimum Gasteiger partial charge on any atom is -0.331 e. The van der Waals surface area contributed by atoms with Crippen LogP contribution in [-0.2, 0) is 6.54 Å². The first-order valence-corrected chi connectivity index (χ1v) is 6.57. The molecule has 1 heterocycles. The number of nitrogens with one attached hydrogen (secondary N) is 1. The molecule has 2 aromatic rings. The Morgan fingerprint density at radius 3 is 2.79 bits per heavy atom. The van der Waals surface area contributed by atoms with E-state index in [0.29, 0.717) is 6.04 Å². The van der Waals surface area contributed by atoms with Gasteiger partial charge in [-0.1, -0.05) is 12.1 Å². The van der Waals surface area contributed by atoms with Crippen molar-refractivity contribution in [2.45, 2.75) is 39.4 Å².